The molecule has 214 valence electrons. The number of carbonyl (C=O) groups is 2. The van der Waals surface area contributed by atoms with Crippen LogP contribution in [0.25, 0.3) is 0 Å². The fraction of sp³-hybridized carbons (Fsp3) is 0.333. The quantitative estimate of drug-likeness (QED) is 0.317. The van der Waals surface area contributed by atoms with Crippen LogP contribution in [0.5, 0.6) is 5.75 Å². The van der Waals surface area contributed by atoms with Gasteiger partial charge in [0.2, 0.25) is 21.8 Å². The molecule has 0 aliphatic rings. The molecule has 1 unspecified atom stereocenters. The van der Waals surface area contributed by atoms with Crippen LogP contribution in [0.4, 0.5) is 5.69 Å². The average Bonchev–Trinajstić information content (AvgIpc) is 2.93. The molecule has 1 N–H and O–H groups in total. The van der Waals surface area contributed by atoms with E-state index in [1.54, 1.807) is 6.07 Å². The van der Waals surface area contributed by atoms with Crippen LogP contribution in [0.2, 0.25) is 5.02 Å². The van der Waals surface area contributed by atoms with Crippen LogP contribution in [0.1, 0.15) is 30.0 Å². The molecular weight excluding hydrogens is 550 g/mol. The number of sulfonamides is 1. The van der Waals surface area contributed by atoms with Crippen molar-refractivity contribution in [2.75, 3.05) is 30.8 Å². The number of hydrogen-bond acceptors (Lipinski definition) is 5. The number of carbonyl (C=O) groups excluding carboxylic acids is 2. The number of halogens is 1. The maximum absolute atomic E-state index is 14.0. The minimum absolute atomic E-state index is 0.122. The van der Waals surface area contributed by atoms with Crippen molar-refractivity contribution in [1.82, 2.24) is 10.2 Å². The third-order valence-corrected chi connectivity index (χ3v) is 7.83. The van der Waals surface area contributed by atoms with E-state index < -0.39 is 28.5 Å². The van der Waals surface area contributed by atoms with Gasteiger partial charge in [-0.1, -0.05) is 78.7 Å². The standard InChI is InChI=1S/C30H36ClN3O5S/c1-5-17-32-30(36)27(18-23-9-7-6-8-10-23)33(20-24-13-11-22(2)12-14-24)29(35)21-34(40(4,37)38)25-15-16-28(39-3)26(31)19-25/h6-16,19,27H,5,17-18,20-21H2,1-4H3,(H,32,36). The van der Waals surface area contributed by atoms with E-state index in [1.807, 2.05) is 68.4 Å². The molecule has 0 bridgehead atoms. The normalized spacial score (nSPS) is 11.9. The van der Waals surface area contributed by atoms with Crippen LogP contribution in [0.3, 0.4) is 0 Å². The summed E-state index contributed by atoms with van der Waals surface area (Å²) in [4.78, 5) is 29.0. The maximum Gasteiger partial charge on any atom is 0.244 e. The number of anilines is 1. The molecule has 3 aromatic rings. The highest BCUT2D eigenvalue weighted by Gasteiger charge is 2.33. The van der Waals surface area contributed by atoms with E-state index in [0.29, 0.717) is 12.3 Å². The molecule has 0 saturated carbocycles. The van der Waals surface area contributed by atoms with E-state index in [4.69, 9.17) is 16.3 Å². The lowest BCUT2D eigenvalue weighted by Crippen LogP contribution is -2.53. The van der Waals surface area contributed by atoms with Gasteiger partial charge in [0.1, 0.15) is 18.3 Å². The van der Waals surface area contributed by atoms with Gasteiger partial charge in [0, 0.05) is 19.5 Å². The van der Waals surface area contributed by atoms with Crippen molar-refractivity contribution in [3.05, 3.63) is 94.5 Å². The van der Waals surface area contributed by atoms with Gasteiger partial charge in [-0.05, 0) is 42.7 Å². The average molecular weight is 586 g/mol. The van der Waals surface area contributed by atoms with E-state index in [9.17, 15) is 18.0 Å². The fourth-order valence-corrected chi connectivity index (χ4v) is 5.33. The smallest absolute Gasteiger partial charge is 0.244 e. The number of hydrogen-bond donors (Lipinski definition) is 1. The van der Waals surface area contributed by atoms with E-state index >= 15 is 0 Å². The number of methoxy groups -OCH3 is 1. The molecule has 2 amide bonds. The SMILES string of the molecule is CCCNC(=O)C(Cc1ccccc1)N(Cc1ccc(C)cc1)C(=O)CN(c1ccc(OC)c(Cl)c1)S(C)(=O)=O. The summed E-state index contributed by atoms with van der Waals surface area (Å²) in [5.74, 6) is -0.447. The molecule has 40 heavy (non-hydrogen) atoms. The largest absolute Gasteiger partial charge is 0.495 e. The lowest BCUT2D eigenvalue weighted by molar-refractivity contribution is -0.140. The first-order chi connectivity index (χ1) is 19.0. The number of nitrogens with zero attached hydrogens (tertiary/aromatic N) is 2. The summed E-state index contributed by atoms with van der Waals surface area (Å²) in [5, 5.41) is 3.13. The Balaban J connectivity index is 2.04. The molecule has 0 spiro atoms. The Morgan fingerprint density at radius 2 is 1.68 bits per heavy atom. The van der Waals surface area contributed by atoms with Crippen LogP contribution >= 0.6 is 11.6 Å². The Bertz CT molecular complexity index is 1400. The van der Waals surface area contributed by atoms with Crippen LogP contribution in [-0.2, 0) is 32.6 Å². The molecule has 0 aromatic heterocycles. The first-order valence-corrected chi connectivity index (χ1v) is 15.2. The highest BCUT2D eigenvalue weighted by molar-refractivity contribution is 7.92. The lowest BCUT2D eigenvalue weighted by Gasteiger charge is -2.33. The van der Waals surface area contributed by atoms with Crippen LogP contribution in [-0.4, -0.2) is 57.6 Å². The van der Waals surface area contributed by atoms with Gasteiger partial charge in [-0.15, -0.1) is 0 Å². The van der Waals surface area contributed by atoms with Gasteiger partial charge in [-0.25, -0.2) is 8.42 Å². The minimum atomic E-state index is -3.89. The summed E-state index contributed by atoms with van der Waals surface area (Å²) in [5.41, 5.74) is 2.97. The number of ether oxygens (including phenoxy) is 1. The Morgan fingerprint density at radius 1 is 1.00 bits per heavy atom. The minimum Gasteiger partial charge on any atom is -0.495 e. The predicted octanol–water partition coefficient (Wildman–Crippen LogP) is 4.59. The number of rotatable bonds is 13. The van der Waals surface area contributed by atoms with Gasteiger partial charge in [-0.3, -0.25) is 13.9 Å². The lowest BCUT2D eigenvalue weighted by atomic mass is 10.0. The van der Waals surface area contributed by atoms with Crippen LogP contribution < -0.4 is 14.4 Å². The third-order valence-electron chi connectivity index (χ3n) is 6.40. The highest BCUT2D eigenvalue weighted by Crippen LogP contribution is 2.30. The molecule has 0 aliphatic carbocycles. The molecular formula is C30H36ClN3O5S. The Morgan fingerprint density at radius 3 is 2.25 bits per heavy atom. The molecule has 3 rings (SSSR count). The zero-order valence-electron chi connectivity index (χ0n) is 23.3. The predicted molar refractivity (Wildman–Crippen MR) is 159 cm³/mol. The molecule has 0 fully saturated rings. The molecule has 0 saturated heterocycles. The van der Waals surface area contributed by atoms with Crippen molar-refractivity contribution in [1.29, 1.82) is 0 Å². The second-order valence-electron chi connectivity index (χ2n) is 9.59. The fourth-order valence-electron chi connectivity index (χ4n) is 4.23. The molecule has 0 radical (unpaired) electrons. The molecule has 0 aliphatic heterocycles. The monoisotopic (exact) mass is 585 g/mol. The molecule has 10 heteroatoms. The van der Waals surface area contributed by atoms with Crippen molar-refractivity contribution in [3.8, 4) is 5.75 Å². The van der Waals surface area contributed by atoms with Crippen molar-refractivity contribution in [2.24, 2.45) is 0 Å². The van der Waals surface area contributed by atoms with Gasteiger partial charge >= 0.3 is 0 Å². The number of nitrogens with one attached hydrogen (secondary N) is 1. The van der Waals surface area contributed by atoms with Crippen LogP contribution in [0, 0.1) is 6.92 Å². The van der Waals surface area contributed by atoms with E-state index in [0.717, 1.165) is 33.7 Å². The van der Waals surface area contributed by atoms with Crippen molar-refractivity contribution < 1.29 is 22.7 Å². The van der Waals surface area contributed by atoms with Crippen molar-refractivity contribution in [2.45, 2.75) is 39.3 Å². The van der Waals surface area contributed by atoms with Gasteiger partial charge < -0.3 is 15.0 Å². The maximum atomic E-state index is 14.0. The summed E-state index contributed by atoms with van der Waals surface area (Å²) in [6, 6.07) is 20.7. The van der Waals surface area contributed by atoms with Gasteiger partial charge in [0.15, 0.2) is 0 Å². The molecule has 0 heterocycles. The number of amides is 2. The first kappa shape index (κ1) is 31.0. The van der Waals surface area contributed by atoms with Crippen molar-refractivity contribution >= 4 is 39.1 Å². The van der Waals surface area contributed by atoms with Crippen molar-refractivity contribution in [3.63, 3.8) is 0 Å². The van der Waals surface area contributed by atoms with E-state index in [1.165, 1.54) is 24.1 Å². The summed E-state index contributed by atoms with van der Waals surface area (Å²) in [6.45, 7) is 3.98. The summed E-state index contributed by atoms with van der Waals surface area (Å²) >= 11 is 6.28. The topological polar surface area (TPSA) is 96.0 Å². The Kier molecular flexibility index (Phi) is 11.0. The van der Waals surface area contributed by atoms with Crippen LogP contribution in [0.15, 0.2) is 72.8 Å². The molecule has 8 nitrogen and oxygen atoms in total. The van der Waals surface area contributed by atoms with Gasteiger partial charge in [-0.2, -0.15) is 0 Å². The zero-order chi connectivity index (χ0) is 29.3. The molecule has 1 atom stereocenters. The second kappa shape index (κ2) is 14.2. The first-order valence-electron chi connectivity index (χ1n) is 13.0. The Labute approximate surface area is 241 Å². The molecule has 3 aromatic carbocycles. The highest BCUT2D eigenvalue weighted by atomic mass is 35.5. The van der Waals surface area contributed by atoms with Gasteiger partial charge in [0.05, 0.1) is 24.1 Å². The summed E-state index contributed by atoms with van der Waals surface area (Å²) in [7, 11) is -2.44. The summed E-state index contributed by atoms with van der Waals surface area (Å²) < 4.78 is 32.0. The van der Waals surface area contributed by atoms with E-state index in [2.05, 4.69) is 5.32 Å². The second-order valence-corrected chi connectivity index (χ2v) is 11.9. The third kappa shape index (κ3) is 8.47. The number of aryl methyl sites for hydroxylation is 1. The zero-order valence-corrected chi connectivity index (χ0v) is 24.8. The summed E-state index contributed by atoms with van der Waals surface area (Å²) in [6.07, 6.45) is 2.02. The van der Waals surface area contributed by atoms with E-state index in [-0.39, 0.29) is 29.6 Å². The number of benzene rings is 3. The Hall–Kier alpha value is -3.56. The van der Waals surface area contributed by atoms with Gasteiger partial charge in [0.25, 0.3) is 0 Å².